The molecule has 1 saturated heterocycles. The molecule has 2 N–H and O–H groups in total. The Balaban J connectivity index is 2.03. The summed E-state index contributed by atoms with van der Waals surface area (Å²) in [7, 11) is 0. The van der Waals surface area contributed by atoms with Crippen LogP contribution in [-0.2, 0) is 9.53 Å². The maximum atomic E-state index is 12.3. The molecule has 0 spiro atoms. The highest BCUT2D eigenvalue weighted by Crippen LogP contribution is 2.22. The van der Waals surface area contributed by atoms with E-state index in [9.17, 15) is 4.79 Å². The lowest BCUT2D eigenvalue weighted by Crippen LogP contribution is -2.58. The molecule has 4 heteroatoms. The number of hydrogen-bond acceptors (Lipinski definition) is 3. The number of nitrogens with two attached hydrogens (primary N) is 1. The van der Waals surface area contributed by atoms with Crippen LogP contribution in [0.2, 0.25) is 0 Å². The molecular weight excluding hydrogens is 204 g/mol. The van der Waals surface area contributed by atoms with Crippen molar-refractivity contribution in [3.05, 3.63) is 11.6 Å². The number of carbonyl (C=O) groups excluding carboxylic acids is 1. The van der Waals surface area contributed by atoms with Gasteiger partial charge in [-0.25, -0.2) is 0 Å². The first-order valence-electron chi connectivity index (χ1n) is 5.93. The second kappa shape index (κ2) is 4.55. The Kier molecular flexibility index (Phi) is 3.30. The molecule has 2 heterocycles. The van der Waals surface area contributed by atoms with Gasteiger partial charge in [-0.2, -0.15) is 0 Å². The molecule has 2 rings (SSSR count). The topological polar surface area (TPSA) is 55.6 Å². The first-order valence-corrected chi connectivity index (χ1v) is 5.93. The molecule has 4 nitrogen and oxygen atoms in total. The maximum absolute atomic E-state index is 12.3. The van der Waals surface area contributed by atoms with Crippen molar-refractivity contribution in [3.8, 4) is 0 Å². The standard InChI is InChI=1S/C12H20N2O2/c1-10-3-2-6-14(9-10)11(15)12(13)4-7-16-8-5-12/h3H,2,4-9,13H2,1H3. The van der Waals surface area contributed by atoms with Gasteiger partial charge in [-0.1, -0.05) is 11.6 Å². The normalized spacial score (nSPS) is 25.1. The molecule has 0 atom stereocenters. The van der Waals surface area contributed by atoms with Gasteiger partial charge in [0.1, 0.15) is 0 Å². The molecule has 0 bridgehead atoms. The average Bonchev–Trinajstić information content (AvgIpc) is 2.29. The largest absolute Gasteiger partial charge is 0.381 e. The molecule has 0 saturated carbocycles. The van der Waals surface area contributed by atoms with Crippen molar-refractivity contribution >= 4 is 5.91 Å². The van der Waals surface area contributed by atoms with Gasteiger partial charge in [0, 0.05) is 26.3 Å². The fourth-order valence-corrected chi connectivity index (χ4v) is 2.35. The highest BCUT2D eigenvalue weighted by atomic mass is 16.5. The van der Waals surface area contributed by atoms with E-state index in [4.69, 9.17) is 10.5 Å². The highest BCUT2D eigenvalue weighted by Gasteiger charge is 2.39. The van der Waals surface area contributed by atoms with E-state index in [0.717, 1.165) is 19.5 Å². The van der Waals surface area contributed by atoms with Gasteiger partial charge in [0.05, 0.1) is 5.54 Å². The van der Waals surface area contributed by atoms with Crippen LogP contribution >= 0.6 is 0 Å². The monoisotopic (exact) mass is 224 g/mol. The number of amides is 1. The lowest BCUT2D eigenvalue weighted by molar-refractivity contribution is -0.140. The summed E-state index contributed by atoms with van der Waals surface area (Å²) in [5.74, 6) is 0.100. The first-order chi connectivity index (χ1) is 7.62. The van der Waals surface area contributed by atoms with E-state index in [-0.39, 0.29) is 5.91 Å². The van der Waals surface area contributed by atoms with Gasteiger partial charge in [-0.05, 0) is 26.2 Å². The van der Waals surface area contributed by atoms with Crippen LogP contribution in [-0.4, -0.2) is 42.6 Å². The SMILES string of the molecule is CC1=CCCN(C(=O)C2(N)CCOCC2)C1. The summed E-state index contributed by atoms with van der Waals surface area (Å²) in [6, 6.07) is 0. The van der Waals surface area contributed by atoms with Crippen LogP contribution in [0.5, 0.6) is 0 Å². The van der Waals surface area contributed by atoms with Crippen LogP contribution < -0.4 is 5.73 Å². The average molecular weight is 224 g/mol. The minimum Gasteiger partial charge on any atom is -0.381 e. The number of ether oxygens (including phenoxy) is 1. The van der Waals surface area contributed by atoms with Crippen molar-refractivity contribution in [3.63, 3.8) is 0 Å². The molecule has 0 aromatic carbocycles. The zero-order valence-corrected chi connectivity index (χ0v) is 9.87. The molecule has 0 aliphatic carbocycles. The van der Waals surface area contributed by atoms with Gasteiger partial charge in [-0.15, -0.1) is 0 Å². The molecule has 0 unspecified atom stereocenters. The molecule has 16 heavy (non-hydrogen) atoms. The summed E-state index contributed by atoms with van der Waals surface area (Å²) in [6.07, 6.45) is 4.43. The summed E-state index contributed by atoms with van der Waals surface area (Å²) >= 11 is 0. The molecule has 1 amide bonds. The Hall–Kier alpha value is -0.870. The van der Waals surface area contributed by atoms with Crippen molar-refractivity contribution < 1.29 is 9.53 Å². The van der Waals surface area contributed by atoms with E-state index in [1.807, 2.05) is 4.90 Å². The Morgan fingerprint density at radius 3 is 2.81 bits per heavy atom. The van der Waals surface area contributed by atoms with Crippen molar-refractivity contribution in [2.45, 2.75) is 31.7 Å². The Bertz CT molecular complexity index is 306. The van der Waals surface area contributed by atoms with Crippen LogP contribution in [0.3, 0.4) is 0 Å². The van der Waals surface area contributed by atoms with Crippen molar-refractivity contribution in [2.24, 2.45) is 5.73 Å². The summed E-state index contributed by atoms with van der Waals surface area (Å²) in [4.78, 5) is 14.2. The smallest absolute Gasteiger partial charge is 0.243 e. The van der Waals surface area contributed by atoms with Crippen LogP contribution in [0.1, 0.15) is 26.2 Å². The van der Waals surface area contributed by atoms with Crippen molar-refractivity contribution in [2.75, 3.05) is 26.3 Å². The van der Waals surface area contributed by atoms with Gasteiger partial charge in [0.25, 0.3) is 0 Å². The van der Waals surface area contributed by atoms with Gasteiger partial charge in [-0.3, -0.25) is 4.79 Å². The lowest BCUT2D eigenvalue weighted by atomic mass is 9.89. The maximum Gasteiger partial charge on any atom is 0.243 e. The summed E-state index contributed by atoms with van der Waals surface area (Å²) < 4.78 is 5.26. The zero-order valence-electron chi connectivity index (χ0n) is 9.87. The quantitative estimate of drug-likeness (QED) is 0.666. The molecule has 0 radical (unpaired) electrons. The fourth-order valence-electron chi connectivity index (χ4n) is 2.35. The van der Waals surface area contributed by atoms with E-state index in [1.165, 1.54) is 5.57 Å². The number of rotatable bonds is 1. The third-order valence-electron chi connectivity index (χ3n) is 3.43. The fraction of sp³-hybridized carbons (Fsp3) is 0.750. The summed E-state index contributed by atoms with van der Waals surface area (Å²) in [5.41, 5.74) is 6.76. The molecule has 0 aromatic heterocycles. The van der Waals surface area contributed by atoms with E-state index in [1.54, 1.807) is 0 Å². The minimum absolute atomic E-state index is 0.100. The highest BCUT2D eigenvalue weighted by molar-refractivity contribution is 5.86. The summed E-state index contributed by atoms with van der Waals surface area (Å²) in [5, 5.41) is 0. The second-order valence-corrected chi connectivity index (χ2v) is 4.83. The van der Waals surface area contributed by atoms with Crippen molar-refractivity contribution in [1.29, 1.82) is 0 Å². The van der Waals surface area contributed by atoms with E-state index >= 15 is 0 Å². The van der Waals surface area contributed by atoms with Crippen molar-refractivity contribution in [1.82, 2.24) is 4.90 Å². The third-order valence-corrected chi connectivity index (χ3v) is 3.43. The molecule has 2 aliphatic rings. The molecule has 2 aliphatic heterocycles. The number of carbonyl (C=O) groups is 1. The van der Waals surface area contributed by atoms with Crippen LogP contribution in [0.15, 0.2) is 11.6 Å². The van der Waals surface area contributed by atoms with E-state index < -0.39 is 5.54 Å². The molecular formula is C12H20N2O2. The van der Waals surface area contributed by atoms with Crippen LogP contribution in [0.25, 0.3) is 0 Å². The molecule has 0 aromatic rings. The van der Waals surface area contributed by atoms with Gasteiger partial charge in [0.15, 0.2) is 0 Å². The van der Waals surface area contributed by atoms with Gasteiger partial charge >= 0.3 is 0 Å². The Morgan fingerprint density at radius 1 is 1.50 bits per heavy atom. The molecule has 90 valence electrons. The lowest BCUT2D eigenvalue weighted by Gasteiger charge is -2.38. The number of nitrogens with zero attached hydrogens (tertiary/aromatic N) is 1. The van der Waals surface area contributed by atoms with Crippen LogP contribution in [0, 0.1) is 0 Å². The van der Waals surface area contributed by atoms with Gasteiger partial charge in [0.2, 0.25) is 5.91 Å². The van der Waals surface area contributed by atoms with E-state index in [2.05, 4.69) is 13.0 Å². The van der Waals surface area contributed by atoms with Gasteiger partial charge < -0.3 is 15.4 Å². The predicted molar refractivity (Wildman–Crippen MR) is 61.9 cm³/mol. The number of hydrogen-bond donors (Lipinski definition) is 1. The third kappa shape index (κ3) is 2.28. The zero-order chi connectivity index (χ0) is 11.6. The summed E-state index contributed by atoms with van der Waals surface area (Å²) in [6.45, 7) is 4.80. The second-order valence-electron chi connectivity index (χ2n) is 4.83. The Morgan fingerprint density at radius 2 is 2.19 bits per heavy atom. The minimum atomic E-state index is -0.685. The Labute approximate surface area is 96.4 Å². The predicted octanol–water partition coefficient (Wildman–Crippen LogP) is 0.673. The first kappa shape index (κ1) is 11.6. The molecule has 1 fully saturated rings. The van der Waals surface area contributed by atoms with E-state index in [0.29, 0.717) is 26.1 Å². The van der Waals surface area contributed by atoms with Crippen LogP contribution in [0.4, 0.5) is 0 Å².